The molecular formula is C24H29Cl3O5S. The molecule has 5 nitrogen and oxygen atoms in total. The molecule has 1 aromatic heterocycles. The fourth-order valence-corrected chi connectivity index (χ4v) is 6.46. The van der Waals surface area contributed by atoms with Crippen LogP contribution < -0.4 is 0 Å². The quantitative estimate of drug-likeness (QED) is 0.274. The van der Waals surface area contributed by atoms with Gasteiger partial charge in [0.1, 0.15) is 17.6 Å². The average Bonchev–Trinajstić information content (AvgIpc) is 3.34. The van der Waals surface area contributed by atoms with Crippen molar-refractivity contribution in [2.45, 2.75) is 56.1 Å². The highest BCUT2D eigenvalue weighted by Gasteiger charge is 2.40. The lowest BCUT2D eigenvalue weighted by Gasteiger charge is -2.23. The van der Waals surface area contributed by atoms with Crippen LogP contribution in [0.3, 0.4) is 0 Å². The van der Waals surface area contributed by atoms with Gasteiger partial charge in [0.05, 0.1) is 12.7 Å². The summed E-state index contributed by atoms with van der Waals surface area (Å²) in [6.07, 6.45) is 3.33. The van der Waals surface area contributed by atoms with Crippen LogP contribution in [0, 0.1) is 11.8 Å². The molecular weight excluding hydrogens is 507 g/mol. The lowest BCUT2D eigenvalue weighted by Crippen LogP contribution is -2.21. The van der Waals surface area contributed by atoms with Crippen LogP contribution in [0.15, 0.2) is 30.3 Å². The minimum absolute atomic E-state index is 0.0558. The molecule has 2 aromatic rings. The number of halogens is 3. The van der Waals surface area contributed by atoms with E-state index in [1.54, 1.807) is 12.1 Å². The Morgan fingerprint density at radius 2 is 1.85 bits per heavy atom. The molecule has 182 valence electrons. The van der Waals surface area contributed by atoms with Gasteiger partial charge in [0.2, 0.25) is 0 Å². The number of carbonyl (C=O) groups excluding carboxylic acids is 1. The van der Waals surface area contributed by atoms with Gasteiger partial charge in [-0.05, 0) is 86.3 Å². The third-order valence-electron chi connectivity index (χ3n) is 6.11. The summed E-state index contributed by atoms with van der Waals surface area (Å²) in [6, 6.07) is 9.16. The van der Waals surface area contributed by atoms with Crippen molar-refractivity contribution in [2.75, 3.05) is 13.2 Å². The number of hydrogen-bond donors (Lipinski definition) is 3. The van der Waals surface area contributed by atoms with Gasteiger partial charge in [-0.15, -0.1) is 22.9 Å². The van der Waals surface area contributed by atoms with Crippen molar-refractivity contribution in [3.63, 3.8) is 0 Å². The zero-order valence-corrected chi connectivity index (χ0v) is 21.2. The molecule has 1 aromatic carbocycles. The van der Waals surface area contributed by atoms with E-state index in [0.717, 1.165) is 42.5 Å². The van der Waals surface area contributed by atoms with Crippen molar-refractivity contribution < 1.29 is 24.9 Å². The van der Waals surface area contributed by atoms with Crippen LogP contribution in [0.2, 0.25) is 10.0 Å². The van der Waals surface area contributed by atoms with E-state index in [0.29, 0.717) is 21.3 Å². The number of ether oxygens (including phenoxy) is 1. The van der Waals surface area contributed by atoms with Crippen LogP contribution in [0.25, 0.3) is 0 Å². The molecule has 33 heavy (non-hydrogen) atoms. The van der Waals surface area contributed by atoms with Crippen molar-refractivity contribution >= 4 is 52.1 Å². The molecule has 0 saturated heterocycles. The number of esters is 1. The fraction of sp³-hybridized carbons (Fsp3) is 0.542. The van der Waals surface area contributed by atoms with Crippen molar-refractivity contribution in [1.82, 2.24) is 0 Å². The highest BCUT2D eigenvalue weighted by molar-refractivity contribution is 7.13. The Labute approximate surface area is 213 Å². The molecule has 3 rings (SSSR count). The molecule has 0 spiro atoms. The smallest absolute Gasteiger partial charge is 0.348 e. The number of benzene rings is 1. The van der Waals surface area contributed by atoms with E-state index in [4.69, 9.17) is 44.6 Å². The van der Waals surface area contributed by atoms with Crippen molar-refractivity contribution in [1.29, 1.82) is 0 Å². The normalized spacial score (nSPS) is 23.6. The number of aryl methyl sites for hydroxylation is 2. The van der Waals surface area contributed by atoms with Gasteiger partial charge in [0, 0.05) is 20.3 Å². The number of carbonyl (C=O) groups is 1. The summed E-state index contributed by atoms with van der Waals surface area (Å²) in [7, 11) is 0. The summed E-state index contributed by atoms with van der Waals surface area (Å²) in [5, 5.41) is 29.9. The topological polar surface area (TPSA) is 87.0 Å². The van der Waals surface area contributed by atoms with E-state index in [1.165, 1.54) is 11.3 Å². The van der Waals surface area contributed by atoms with E-state index in [1.807, 2.05) is 18.2 Å². The second kappa shape index (κ2) is 12.7. The van der Waals surface area contributed by atoms with Crippen LogP contribution >= 0.6 is 46.1 Å². The summed E-state index contributed by atoms with van der Waals surface area (Å²) in [5.74, 6) is -0.155. The molecule has 5 atom stereocenters. The van der Waals surface area contributed by atoms with Gasteiger partial charge in [-0.25, -0.2) is 4.79 Å². The summed E-state index contributed by atoms with van der Waals surface area (Å²) in [4.78, 5) is 13.6. The monoisotopic (exact) mass is 534 g/mol. The van der Waals surface area contributed by atoms with Gasteiger partial charge in [-0.1, -0.05) is 23.2 Å². The molecule has 0 amide bonds. The van der Waals surface area contributed by atoms with Gasteiger partial charge >= 0.3 is 5.97 Å². The van der Waals surface area contributed by atoms with Crippen molar-refractivity contribution in [2.24, 2.45) is 11.8 Å². The SMILES string of the molecule is O=C(OCC(O)CO)c1ccc(CCCC2C(Cl)CC(O)C2CCc2cc(Cl)cc(Cl)c2)s1. The van der Waals surface area contributed by atoms with E-state index in [2.05, 4.69) is 0 Å². The third-order valence-corrected chi connectivity index (χ3v) is 8.17. The Bertz CT molecular complexity index is 901. The predicted octanol–water partition coefficient (Wildman–Crippen LogP) is 5.12. The van der Waals surface area contributed by atoms with Gasteiger partial charge in [-0.2, -0.15) is 0 Å². The molecule has 0 aliphatic heterocycles. The molecule has 1 heterocycles. The number of thiophene rings is 1. The van der Waals surface area contributed by atoms with Crippen molar-refractivity contribution in [3.8, 4) is 0 Å². The van der Waals surface area contributed by atoms with Crippen LogP contribution in [0.1, 0.15) is 45.8 Å². The van der Waals surface area contributed by atoms with Crippen LogP contribution in [-0.4, -0.2) is 52.1 Å². The Hall–Kier alpha value is -0.860. The maximum absolute atomic E-state index is 12.0. The van der Waals surface area contributed by atoms with Crippen LogP contribution in [0.4, 0.5) is 0 Å². The van der Waals surface area contributed by atoms with E-state index >= 15 is 0 Å². The molecule has 1 saturated carbocycles. The highest BCUT2D eigenvalue weighted by Crippen LogP contribution is 2.42. The lowest BCUT2D eigenvalue weighted by atomic mass is 9.85. The second-order valence-electron chi connectivity index (χ2n) is 8.56. The standard InChI is InChI=1S/C24H29Cl3O5S/c25-15-8-14(9-16(26)10-15)4-6-20-19(21(27)11-22(20)30)3-1-2-18-5-7-23(33-18)24(31)32-13-17(29)12-28/h5,7-10,17,19-22,28-30H,1-4,6,11-13H2. The molecule has 3 N–H and O–H groups in total. The molecule has 0 radical (unpaired) electrons. The van der Waals surface area contributed by atoms with Gasteiger partial charge in [0.15, 0.2) is 0 Å². The molecule has 9 heteroatoms. The Morgan fingerprint density at radius 1 is 1.12 bits per heavy atom. The molecule has 5 unspecified atom stereocenters. The first kappa shape index (κ1) is 26.7. The first-order valence-electron chi connectivity index (χ1n) is 11.1. The first-order chi connectivity index (χ1) is 15.8. The van der Waals surface area contributed by atoms with Gasteiger partial charge < -0.3 is 20.1 Å². The molecule has 1 aliphatic rings. The number of aliphatic hydroxyl groups excluding tert-OH is 3. The van der Waals surface area contributed by atoms with Gasteiger partial charge in [-0.3, -0.25) is 0 Å². The van der Waals surface area contributed by atoms with E-state index in [9.17, 15) is 15.0 Å². The second-order valence-corrected chi connectivity index (χ2v) is 11.2. The lowest BCUT2D eigenvalue weighted by molar-refractivity contribution is 0.00971. The summed E-state index contributed by atoms with van der Waals surface area (Å²) < 4.78 is 5.00. The fourth-order valence-electron chi connectivity index (χ4n) is 4.45. The Balaban J connectivity index is 1.50. The molecule has 1 aliphatic carbocycles. The summed E-state index contributed by atoms with van der Waals surface area (Å²) >= 11 is 20.2. The summed E-state index contributed by atoms with van der Waals surface area (Å²) in [5.41, 5.74) is 1.06. The van der Waals surface area contributed by atoms with Crippen LogP contribution in [0.5, 0.6) is 0 Å². The predicted molar refractivity (Wildman–Crippen MR) is 133 cm³/mol. The maximum Gasteiger partial charge on any atom is 0.348 e. The largest absolute Gasteiger partial charge is 0.459 e. The van der Waals surface area contributed by atoms with Gasteiger partial charge in [0.25, 0.3) is 0 Å². The number of aliphatic hydroxyl groups is 3. The zero-order valence-electron chi connectivity index (χ0n) is 18.1. The molecule has 0 bridgehead atoms. The maximum atomic E-state index is 12.0. The Kier molecular flexibility index (Phi) is 10.3. The number of rotatable bonds is 11. The molecule has 1 fully saturated rings. The van der Waals surface area contributed by atoms with E-state index in [-0.39, 0.29) is 23.8 Å². The van der Waals surface area contributed by atoms with Crippen LogP contribution in [-0.2, 0) is 17.6 Å². The average molecular weight is 536 g/mol. The third kappa shape index (κ3) is 7.82. The summed E-state index contributed by atoms with van der Waals surface area (Å²) in [6.45, 7) is -0.680. The zero-order chi connectivity index (χ0) is 24.0. The Morgan fingerprint density at radius 3 is 2.55 bits per heavy atom. The minimum atomic E-state index is -1.07. The number of hydrogen-bond acceptors (Lipinski definition) is 6. The van der Waals surface area contributed by atoms with Crippen molar-refractivity contribution in [3.05, 3.63) is 55.7 Å². The first-order valence-corrected chi connectivity index (χ1v) is 13.1. The highest BCUT2D eigenvalue weighted by atomic mass is 35.5. The minimum Gasteiger partial charge on any atom is -0.459 e. The van der Waals surface area contributed by atoms with E-state index < -0.39 is 24.8 Å². The number of alkyl halides is 1.